The maximum atomic E-state index is 12.2. The number of hydrogen-bond acceptors (Lipinski definition) is 4. The molecule has 3 rings (SSSR count). The average molecular weight is 532 g/mol. The minimum absolute atomic E-state index is 0.263. The summed E-state index contributed by atoms with van der Waals surface area (Å²) in [7, 11) is -0.397. The molecule has 1 N–H and O–H groups in total. The van der Waals surface area contributed by atoms with Gasteiger partial charge < -0.3 is 9.31 Å². The number of hydrogen-bond donors (Lipinski definition) is 1. The third-order valence-corrected chi connectivity index (χ3v) is 8.29. The van der Waals surface area contributed by atoms with E-state index in [1.165, 1.54) is 35.6 Å². The van der Waals surface area contributed by atoms with Crippen molar-refractivity contribution in [3.63, 3.8) is 0 Å². The molecule has 1 heterocycles. The number of rotatable bonds is 9. The van der Waals surface area contributed by atoms with Gasteiger partial charge in [0, 0.05) is 6.08 Å². The lowest BCUT2D eigenvalue weighted by molar-refractivity contribution is -0.129. The Bertz CT molecular complexity index is 1170. The number of carbonyl (C=O) groups excluding carboxylic acids is 1. The van der Waals surface area contributed by atoms with Crippen molar-refractivity contribution in [3.05, 3.63) is 88.6 Å². The van der Waals surface area contributed by atoms with E-state index in [9.17, 15) is 4.79 Å². The average Bonchev–Trinajstić information content (AvgIpc) is 3.07. The number of amides is 1. The van der Waals surface area contributed by atoms with E-state index in [4.69, 9.17) is 14.1 Å². The van der Waals surface area contributed by atoms with E-state index in [1.54, 1.807) is 0 Å². The van der Waals surface area contributed by atoms with Crippen LogP contribution in [0.2, 0.25) is 0 Å². The maximum Gasteiger partial charge on any atom is 0.494 e. The van der Waals surface area contributed by atoms with Gasteiger partial charge in [-0.3, -0.25) is 9.63 Å². The molecule has 0 spiro atoms. The van der Waals surface area contributed by atoms with E-state index < -0.39 is 7.12 Å². The topological polar surface area (TPSA) is 56.8 Å². The smallest absolute Gasteiger partial charge is 0.399 e. The van der Waals surface area contributed by atoms with Crippen LogP contribution in [0.25, 0.3) is 0 Å². The molecule has 0 saturated carbocycles. The lowest BCUT2D eigenvalue weighted by Crippen LogP contribution is -2.41. The van der Waals surface area contributed by atoms with E-state index in [0.29, 0.717) is 5.41 Å². The lowest BCUT2D eigenvalue weighted by atomic mass is 9.73. The number of carbonyl (C=O) groups is 1. The van der Waals surface area contributed by atoms with Gasteiger partial charge >= 0.3 is 7.12 Å². The quantitative estimate of drug-likeness (QED) is 0.160. The SMILES string of the molecule is CC1=C(/C=C/C(C)=C\C=C\C(C)=C\C(=O)NOCc2ccc(B3OC(C)(C)C(C)(C)O3)cc2)CCCC1(C)C. The van der Waals surface area contributed by atoms with Crippen LogP contribution in [0, 0.1) is 5.41 Å². The second-order valence-electron chi connectivity index (χ2n) is 12.5. The summed E-state index contributed by atoms with van der Waals surface area (Å²) in [4.78, 5) is 17.7. The molecule has 0 radical (unpaired) electrons. The number of benzene rings is 1. The summed E-state index contributed by atoms with van der Waals surface area (Å²) >= 11 is 0. The summed E-state index contributed by atoms with van der Waals surface area (Å²) in [5.74, 6) is -0.297. The van der Waals surface area contributed by atoms with Gasteiger partial charge in [0.05, 0.1) is 17.8 Å². The summed E-state index contributed by atoms with van der Waals surface area (Å²) < 4.78 is 12.2. The van der Waals surface area contributed by atoms with Crippen molar-refractivity contribution in [1.82, 2.24) is 5.48 Å². The van der Waals surface area contributed by atoms with Gasteiger partial charge in [0.1, 0.15) is 0 Å². The molecule has 1 aromatic rings. The lowest BCUT2D eigenvalue weighted by Gasteiger charge is -2.32. The summed E-state index contributed by atoms with van der Waals surface area (Å²) in [6.07, 6.45) is 15.6. The second kappa shape index (κ2) is 12.7. The molecule has 5 nitrogen and oxygen atoms in total. The highest BCUT2D eigenvalue weighted by Gasteiger charge is 2.51. The van der Waals surface area contributed by atoms with Gasteiger partial charge in [0.25, 0.3) is 5.91 Å². The van der Waals surface area contributed by atoms with Gasteiger partial charge in [0.2, 0.25) is 0 Å². The summed E-state index contributed by atoms with van der Waals surface area (Å²) in [6.45, 7) is 19.3. The molecule has 1 saturated heterocycles. The van der Waals surface area contributed by atoms with E-state index in [0.717, 1.165) is 23.0 Å². The first kappa shape index (κ1) is 30.9. The Morgan fingerprint density at radius 1 is 1.00 bits per heavy atom. The molecule has 0 bridgehead atoms. The monoisotopic (exact) mass is 531 g/mol. The highest BCUT2D eigenvalue weighted by Crippen LogP contribution is 2.40. The van der Waals surface area contributed by atoms with Crippen molar-refractivity contribution >= 4 is 18.5 Å². The van der Waals surface area contributed by atoms with Crippen LogP contribution < -0.4 is 10.9 Å². The van der Waals surface area contributed by atoms with E-state index in [2.05, 4.69) is 51.4 Å². The Morgan fingerprint density at radius 2 is 1.64 bits per heavy atom. The zero-order chi connectivity index (χ0) is 28.8. The van der Waals surface area contributed by atoms with Crippen LogP contribution in [0.1, 0.15) is 87.1 Å². The van der Waals surface area contributed by atoms with Crippen LogP contribution in [0.5, 0.6) is 0 Å². The Morgan fingerprint density at radius 3 is 2.28 bits per heavy atom. The first-order valence-corrected chi connectivity index (χ1v) is 14.0. The van der Waals surface area contributed by atoms with Gasteiger partial charge in [-0.25, -0.2) is 5.48 Å². The van der Waals surface area contributed by atoms with Crippen molar-refractivity contribution in [1.29, 1.82) is 0 Å². The molecular formula is C33H46BNO4. The summed E-state index contributed by atoms with van der Waals surface area (Å²) in [5, 5.41) is 0. The third-order valence-electron chi connectivity index (χ3n) is 8.29. The molecule has 0 unspecified atom stereocenters. The Kier molecular flexibility index (Phi) is 10.0. The van der Waals surface area contributed by atoms with Gasteiger partial charge in [-0.15, -0.1) is 0 Å². The molecule has 2 aliphatic rings. The third kappa shape index (κ3) is 8.41. The van der Waals surface area contributed by atoms with Crippen LogP contribution in [-0.2, 0) is 25.5 Å². The van der Waals surface area contributed by atoms with Crippen LogP contribution >= 0.6 is 0 Å². The van der Waals surface area contributed by atoms with Crippen molar-refractivity contribution in [2.75, 3.05) is 0 Å². The molecule has 1 aromatic carbocycles. The molecule has 6 heteroatoms. The predicted octanol–water partition coefficient (Wildman–Crippen LogP) is 7.07. The highest BCUT2D eigenvalue weighted by atomic mass is 16.7. The second-order valence-corrected chi connectivity index (χ2v) is 12.5. The fourth-order valence-corrected chi connectivity index (χ4v) is 4.60. The Hall–Kier alpha value is -2.67. The predicted molar refractivity (Wildman–Crippen MR) is 161 cm³/mol. The van der Waals surface area contributed by atoms with Crippen LogP contribution in [0.3, 0.4) is 0 Å². The zero-order valence-electron chi connectivity index (χ0n) is 25.3. The molecular weight excluding hydrogens is 485 g/mol. The summed E-state index contributed by atoms with van der Waals surface area (Å²) in [6, 6.07) is 7.84. The van der Waals surface area contributed by atoms with Crippen molar-refractivity contribution < 1.29 is 18.9 Å². The van der Waals surface area contributed by atoms with Gasteiger partial charge in [-0.05, 0) is 95.3 Å². The van der Waals surface area contributed by atoms with Crippen molar-refractivity contribution in [3.8, 4) is 0 Å². The largest absolute Gasteiger partial charge is 0.494 e. The molecule has 0 aromatic heterocycles. The van der Waals surface area contributed by atoms with Crippen molar-refractivity contribution in [2.24, 2.45) is 5.41 Å². The number of hydroxylamine groups is 1. The molecule has 210 valence electrons. The minimum Gasteiger partial charge on any atom is -0.399 e. The fraction of sp³-hybridized carbons (Fsp3) is 0.485. The molecule has 1 aliphatic carbocycles. The minimum atomic E-state index is -0.397. The molecule has 0 atom stereocenters. The molecule has 1 amide bonds. The van der Waals surface area contributed by atoms with Crippen LogP contribution in [0.4, 0.5) is 0 Å². The van der Waals surface area contributed by atoms with Crippen LogP contribution in [-0.4, -0.2) is 24.2 Å². The van der Waals surface area contributed by atoms with Gasteiger partial charge in [-0.2, -0.15) is 0 Å². The Labute approximate surface area is 236 Å². The van der Waals surface area contributed by atoms with Gasteiger partial charge in [-0.1, -0.05) is 79.6 Å². The van der Waals surface area contributed by atoms with E-state index in [-0.39, 0.29) is 23.7 Å². The molecule has 39 heavy (non-hydrogen) atoms. The highest BCUT2D eigenvalue weighted by molar-refractivity contribution is 6.62. The number of nitrogens with one attached hydrogen (secondary N) is 1. The van der Waals surface area contributed by atoms with Crippen molar-refractivity contribution in [2.45, 2.75) is 99.4 Å². The normalized spacial score (nSPS) is 21.3. The summed E-state index contributed by atoms with van der Waals surface area (Å²) in [5.41, 5.74) is 8.88. The Balaban J connectivity index is 1.44. The fourth-order valence-electron chi connectivity index (χ4n) is 4.60. The zero-order valence-corrected chi connectivity index (χ0v) is 25.3. The maximum absolute atomic E-state index is 12.2. The molecule has 1 fully saturated rings. The standard InChI is InChI=1S/C33H46BNO4/c1-24(15-18-28-14-11-21-31(4,5)26(28)3)12-10-13-25(2)22-30(36)35-37-23-27-16-19-29(20-17-27)34-38-32(6,7)33(8,9)39-34/h10,12-13,15-20,22H,11,14,21,23H2,1-9H3,(H,35,36)/b13-10+,18-15+,24-12-,25-22+. The van der Waals surface area contributed by atoms with Crippen LogP contribution in [0.15, 0.2) is 83.0 Å². The first-order valence-electron chi connectivity index (χ1n) is 14.0. The van der Waals surface area contributed by atoms with Gasteiger partial charge in [0.15, 0.2) is 0 Å². The number of allylic oxidation sites excluding steroid dienone is 9. The van der Waals surface area contributed by atoms with E-state index in [1.807, 2.05) is 71.0 Å². The molecule has 1 aliphatic heterocycles. The van der Waals surface area contributed by atoms with E-state index >= 15 is 0 Å². The first-order chi connectivity index (χ1) is 18.2.